The Bertz CT molecular complexity index is 1070. The van der Waals surface area contributed by atoms with Crippen LogP contribution in [0.4, 0.5) is 5.13 Å². The summed E-state index contributed by atoms with van der Waals surface area (Å²) in [5, 5.41) is 23.0. The van der Waals surface area contributed by atoms with Crippen LogP contribution in [0.5, 0.6) is 11.5 Å². The summed E-state index contributed by atoms with van der Waals surface area (Å²) in [7, 11) is 3.27. The Morgan fingerprint density at radius 2 is 2.03 bits per heavy atom. The number of anilines is 1. The molecule has 10 heteroatoms. The molecule has 1 aliphatic rings. The summed E-state index contributed by atoms with van der Waals surface area (Å²) in [6.07, 6.45) is 3.52. The summed E-state index contributed by atoms with van der Waals surface area (Å²) in [6.45, 7) is 2.54. The summed E-state index contributed by atoms with van der Waals surface area (Å²) < 4.78 is 12.9. The molecule has 1 unspecified atom stereocenters. The van der Waals surface area contributed by atoms with E-state index in [1.54, 1.807) is 14.2 Å². The third-order valence-corrected chi connectivity index (χ3v) is 6.57. The minimum absolute atomic E-state index is 0.351. The van der Waals surface area contributed by atoms with Crippen molar-refractivity contribution in [1.82, 2.24) is 20.1 Å². The Morgan fingerprint density at radius 3 is 2.81 bits per heavy atom. The summed E-state index contributed by atoms with van der Waals surface area (Å²) in [6, 6.07) is 9.85. The molecule has 0 aliphatic carbocycles. The van der Waals surface area contributed by atoms with Gasteiger partial charge in [0.1, 0.15) is 0 Å². The number of hydrogen-bond acceptors (Lipinski definition) is 8. The Morgan fingerprint density at radius 1 is 1.19 bits per heavy atom. The number of aliphatic carboxylic acids is 1. The summed E-state index contributed by atoms with van der Waals surface area (Å²) in [5.41, 5.74) is 2.07. The SMILES string of the molecule is COc1cccc(CNCc2cccn2-c2nnc(N3CCCC(C(=O)O)C3)s2)c1OC. The number of para-hydroxylation sites is 1. The minimum Gasteiger partial charge on any atom is -0.493 e. The molecule has 2 N–H and O–H groups in total. The number of piperidine rings is 1. The van der Waals surface area contributed by atoms with Gasteiger partial charge >= 0.3 is 5.97 Å². The van der Waals surface area contributed by atoms with Crippen LogP contribution in [0.3, 0.4) is 0 Å². The molecule has 1 aromatic carbocycles. The first kappa shape index (κ1) is 22.1. The second-order valence-corrected chi connectivity index (χ2v) is 8.55. The van der Waals surface area contributed by atoms with Crippen LogP contribution in [0.15, 0.2) is 36.5 Å². The van der Waals surface area contributed by atoms with Crippen molar-refractivity contribution in [2.24, 2.45) is 5.92 Å². The maximum Gasteiger partial charge on any atom is 0.308 e. The second kappa shape index (κ2) is 10.0. The van der Waals surface area contributed by atoms with Gasteiger partial charge in [0.05, 0.1) is 20.1 Å². The van der Waals surface area contributed by atoms with Crippen LogP contribution in [-0.4, -0.2) is 53.1 Å². The van der Waals surface area contributed by atoms with Crippen LogP contribution in [0.2, 0.25) is 0 Å². The topological polar surface area (TPSA) is 102 Å². The fraction of sp³-hybridized carbons (Fsp3) is 0.409. The van der Waals surface area contributed by atoms with Gasteiger partial charge in [-0.15, -0.1) is 10.2 Å². The Kier molecular flexibility index (Phi) is 6.91. The van der Waals surface area contributed by atoms with Crippen LogP contribution >= 0.6 is 11.3 Å². The van der Waals surface area contributed by atoms with E-state index in [2.05, 4.69) is 15.5 Å². The number of benzene rings is 1. The van der Waals surface area contributed by atoms with Crippen molar-refractivity contribution in [3.63, 3.8) is 0 Å². The van der Waals surface area contributed by atoms with Crippen LogP contribution in [-0.2, 0) is 17.9 Å². The van der Waals surface area contributed by atoms with Crippen molar-refractivity contribution in [2.45, 2.75) is 25.9 Å². The standard InChI is InChI=1S/C22H27N5O4S/c1-30-18-9-3-6-15(19(18)31-2)12-23-13-17-8-5-11-27(17)22-25-24-21(32-22)26-10-4-7-16(14-26)20(28)29/h3,5-6,8-9,11,16,23H,4,7,10,12-14H2,1-2H3,(H,28,29). The lowest BCUT2D eigenvalue weighted by Crippen LogP contribution is -2.38. The van der Waals surface area contributed by atoms with E-state index >= 15 is 0 Å². The number of nitrogens with zero attached hydrogens (tertiary/aromatic N) is 4. The summed E-state index contributed by atoms with van der Waals surface area (Å²) >= 11 is 1.48. The van der Waals surface area contributed by atoms with Crippen LogP contribution in [0.1, 0.15) is 24.1 Å². The van der Waals surface area contributed by atoms with E-state index in [1.165, 1.54) is 11.3 Å². The molecule has 0 bridgehead atoms. The fourth-order valence-electron chi connectivity index (χ4n) is 3.95. The molecule has 0 spiro atoms. The largest absolute Gasteiger partial charge is 0.493 e. The van der Waals surface area contributed by atoms with Crippen LogP contribution < -0.4 is 19.7 Å². The highest BCUT2D eigenvalue weighted by Gasteiger charge is 2.27. The van der Waals surface area contributed by atoms with Crippen LogP contribution in [0, 0.1) is 5.92 Å². The van der Waals surface area contributed by atoms with E-state index in [-0.39, 0.29) is 5.92 Å². The van der Waals surface area contributed by atoms with Gasteiger partial charge in [0, 0.05) is 43.6 Å². The molecule has 1 fully saturated rings. The zero-order valence-corrected chi connectivity index (χ0v) is 19.0. The van der Waals surface area contributed by atoms with E-state index in [0.29, 0.717) is 31.8 Å². The number of carboxylic acids is 1. The predicted octanol–water partition coefficient (Wildman–Crippen LogP) is 2.94. The van der Waals surface area contributed by atoms with Gasteiger partial charge < -0.3 is 24.8 Å². The van der Waals surface area contributed by atoms with E-state index in [0.717, 1.165) is 40.2 Å². The van der Waals surface area contributed by atoms with E-state index < -0.39 is 5.97 Å². The number of carboxylic acid groups (broad SMARTS) is 1. The Hall–Kier alpha value is -3.11. The number of carbonyl (C=O) groups is 1. The lowest BCUT2D eigenvalue weighted by Gasteiger charge is -2.29. The van der Waals surface area contributed by atoms with Crippen molar-refractivity contribution in [3.8, 4) is 16.6 Å². The summed E-state index contributed by atoms with van der Waals surface area (Å²) in [5.74, 6) is 0.342. The molecule has 0 saturated carbocycles. The van der Waals surface area contributed by atoms with Crippen molar-refractivity contribution >= 4 is 22.4 Å². The molecule has 0 radical (unpaired) electrons. The molecule has 170 valence electrons. The van der Waals surface area contributed by atoms with Crippen LogP contribution in [0.25, 0.3) is 5.13 Å². The molecule has 1 atom stereocenters. The van der Waals surface area contributed by atoms with E-state index in [4.69, 9.17) is 9.47 Å². The zero-order valence-electron chi connectivity index (χ0n) is 18.2. The first-order valence-corrected chi connectivity index (χ1v) is 11.3. The molecule has 32 heavy (non-hydrogen) atoms. The first-order valence-electron chi connectivity index (χ1n) is 10.5. The van der Waals surface area contributed by atoms with E-state index in [9.17, 15) is 9.90 Å². The van der Waals surface area contributed by atoms with Gasteiger partial charge in [-0.2, -0.15) is 0 Å². The molecular weight excluding hydrogens is 430 g/mol. The van der Waals surface area contributed by atoms with Gasteiger partial charge in [0.2, 0.25) is 10.3 Å². The lowest BCUT2D eigenvalue weighted by molar-refractivity contribution is -0.141. The normalized spacial score (nSPS) is 16.2. The van der Waals surface area contributed by atoms with Gasteiger partial charge in [-0.3, -0.25) is 9.36 Å². The van der Waals surface area contributed by atoms with Gasteiger partial charge in [-0.1, -0.05) is 23.5 Å². The van der Waals surface area contributed by atoms with Crippen molar-refractivity contribution in [3.05, 3.63) is 47.8 Å². The molecular formula is C22H27N5O4S. The average molecular weight is 458 g/mol. The number of nitrogens with one attached hydrogen (secondary N) is 1. The number of aromatic nitrogens is 3. The molecule has 3 heterocycles. The van der Waals surface area contributed by atoms with E-state index in [1.807, 2.05) is 46.0 Å². The number of methoxy groups -OCH3 is 2. The minimum atomic E-state index is -0.745. The molecule has 4 rings (SSSR count). The van der Waals surface area contributed by atoms with Crippen molar-refractivity contribution < 1.29 is 19.4 Å². The third kappa shape index (κ3) is 4.71. The second-order valence-electron chi connectivity index (χ2n) is 7.62. The number of rotatable bonds is 9. The maximum absolute atomic E-state index is 11.4. The molecule has 0 amide bonds. The number of ether oxygens (including phenoxy) is 2. The average Bonchev–Trinajstić information content (AvgIpc) is 3.48. The highest BCUT2D eigenvalue weighted by atomic mass is 32.1. The molecule has 2 aromatic heterocycles. The fourth-order valence-corrected chi connectivity index (χ4v) is 4.85. The Balaban J connectivity index is 1.42. The molecule has 1 saturated heterocycles. The quantitative estimate of drug-likeness (QED) is 0.506. The highest BCUT2D eigenvalue weighted by molar-refractivity contribution is 7.17. The monoisotopic (exact) mass is 457 g/mol. The maximum atomic E-state index is 11.4. The van der Waals surface area contributed by atoms with Crippen molar-refractivity contribution in [1.29, 1.82) is 0 Å². The lowest BCUT2D eigenvalue weighted by atomic mass is 9.99. The van der Waals surface area contributed by atoms with Gasteiger partial charge in [0.15, 0.2) is 11.5 Å². The molecule has 3 aromatic rings. The summed E-state index contributed by atoms with van der Waals surface area (Å²) in [4.78, 5) is 13.4. The molecule has 9 nitrogen and oxygen atoms in total. The van der Waals surface area contributed by atoms with Gasteiger partial charge in [0.25, 0.3) is 0 Å². The zero-order chi connectivity index (χ0) is 22.5. The predicted molar refractivity (Wildman–Crippen MR) is 122 cm³/mol. The first-order chi connectivity index (χ1) is 15.6. The highest BCUT2D eigenvalue weighted by Crippen LogP contribution is 2.31. The van der Waals surface area contributed by atoms with Gasteiger partial charge in [-0.25, -0.2) is 0 Å². The smallest absolute Gasteiger partial charge is 0.308 e. The van der Waals surface area contributed by atoms with Gasteiger partial charge in [-0.05, 0) is 31.0 Å². The Labute approximate surface area is 190 Å². The van der Waals surface area contributed by atoms with Crippen molar-refractivity contribution in [2.75, 3.05) is 32.2 Å². The molecule has 1 aliphatic heterocycles. The third-order valence-electron chi connectivity index (χ3n) is 5.59. The number of hydrogen-bond donors (Lipinski definition) is 2.